The number of carboxylic acids is 1. The Labute approximate surface area is 136 Å². The zero-order valence-electron chi connectivity index (χ0n) is 14.0. The molecule has 0 aliphatic rings. The van der Waals surface area contributed by atoms with Crippen molar-refractivity contribution in [3.05, 3.63) is 18.2 Å². The number of carbonyl (C=O) groups is 2. The maximum atomic E-state index is 12.3. The molecular weight excluding hydrogens is 300 g/mol. The molecule has 0 saturated heterocycles. The number of carboxylic acid groups (broad SMARTS) is 1. The van der Waals surface area contributed by atoms with Crippen LogP contribution in [0.25, 0.3) is 0 Å². The fourth-order valence-corrected chi connectivity index (χ4v) is 2.20. The van der Waals surface area contributed by atoms with Crippen LogP contribution in [0.15, 0.2) is 18.2 Å². The van der Waals surface area contributed by atoms with Gasteiger partial charge in [0.2, 0.25) is 5.91 Å². The third-order valence-corrected chi connectivity index (χ3v) is 3.43. The van der Waals surface area contributed by atoms with Crippen molar-refractivity contribution in [3.63, 3.8) is 0 Å². The normalized spacial score (nSPS) is 11.9. The van der Waals surface area contributed by atoms with E-state index in [1.165, 1.54) is 14.2 Å². The third kappa shape index (κ3) is 5.45. The number of nitrogens with one attached hydrogen (secondary N) is 1. The summed E-state index contributed by atoms with van der Waals surface area (Å²) in [5.41, 5.74) is 0.561. The first-order valence-electron chi connectivity index (χ1n) is 7.41. The maximum Gasteiger partial charge on any atom is 0.317 e. The van der Waals surface area contributed by atoms with Gasteiger partial charge < -0.3 is 19.9 Å². The van der Waals surface area contributed by atoms with E-state index in [0.29, 0.717) is 23.7 Å². The first-order chi connectivity index (χ1) is 10.9. The van der Waals surface area contributed by atoms with Gasteiger partial charge in [0.25, 0.3) is 0 Å². The second-order valence-corrected chi connectivity index (χ2v) is 5.10. The quantitative estimate of drug-likeness (QED) is 0.720. The average Bonchev–Trinajstić information content (AvgIpc) is 2.53. The number of hydrogen-bond acceptors (Lipinski definition) is 5. The third-order valence-electron chi connectivity index (χ3n) is 3.43. The largest absolute Gasteiger partial charge is 0.493 e. The molecule has 128 valence electrons. The van der Waals surface area contributed by atoms with Crippen LogP contribution in [0.5, 0.6) is 11.5 Å². The minimum absolute atomic E-state index is 0.172. The van der Waals surface area contributed by atoms with Crippen molar-refractivity contribution in [2.24, 2.45) is 0 Å². The highest BCUT2D eigenvalue weighted by Crippen LogP contribution is 2.29. The Balaban J connectivity index is 2.82. The standard InChI is InChI=1S/C16H24N2O5/c1-5-8-18(10-15(19)20)11(2)16(21)17-12-6-7-13(22-3)14(9-12)23-4/h6-7,9,11H,5,8,10H2,1-4H3,(H,17,21)(H,19,20). The molecule has 0 heterocycles. The number of nitrogens with zero attached hydrogens (tertiary/aromatic N) is 1. The maximum absolute atomic E-state index is 12.3. The second kappa shape index (κ2) is 8.99. The molecule has 1 aromatic carbocycles. The van der Waals surface area contributed by atoms with Crippen LogP contribution >= 0.6 is 0 Å². The van der Waals surface area contributed by atoms with E-state index in [-0.39, 0.29) is 12.5 Å². The van der Waals surface area contributed by atoms with Gasteiger partial charge in [0, 0.05) is 11.8 Å². The number of rotatable bonds is 9. The highest BCUT2D eigenvalue weighted by Gasteiger charge is 2.23. The molecule has 0 radical (unpaired) electrons. The SMILES string of the molecule is CCCN(CC(=O)O)C(C)C(=O)Nc1ccc(OC)c(OC)c1. The molecule has 0 fully saturated rings. The number of anilines is 1. The monoisotopic (exact) mass is 324 g/mol. The molecule has 1 atom stereocenters. The molecule has 0 aliphatic heterocycles. The Bertz CT molecular complexity index is 547. The van der Waals surface area contributed by atoms with Gasteiger partial charge in [-0.2, -0.15) is 0 Å². The Morgan fingerprint density at radius 3 is 2.43 bits per heavy atom. The van der Waals surface area contributed by atoms with Crippen LogP contribution in [-0.2, 0) is 9.59 Å². The zero-order valence-corrected chi connectivity index (χ0v) is 14.0. The number of hydrogen-bond donors (Lipinski definition) is 2. The first-order valence-corrected chi connectivity index (χ1v) is 7.41. The van der Waals surface area contributed by atoms with E-state index in [1.807, 2.05) is 6.92 Å². The summed E-state index contributed by atoms with van der Waals surface area (Å²) in [6.07, 6.45) is 0.765. The molecule has 0 saturated carbocycles. The van der Waals surface area contributed by atoms with Gasteiger partial charge in [-0.1, -0.05) is 6.92 Å². The molecule has 1 aromatic rings. The Hall–Kier alpha value is -2.28. The van der Waals surface area contributed by atoms with E-state index in [0.717, 1.165) is 6.42 Å². The van der Waals surface area contributed by atoms with Gasteiger partial charge in [0.1, 0.15) is 0 Å². The van der Waals surface area contributed by atoms with E-state index in [9.17, 15) is 9.59 Å². The van der Waals surface area contributed by atoms with Crippen molar-refractivity contribution in [1.29, 1.82) is 0 Å². The lowest BCUT2D eigenvalue weighted by atomic mass is 10.2. The molecule has 2 N–H and O–H groups in total. The van der Waals surface area contributed by atoms with E-state index < -0.39 is 12.0 Å². The van der Waals surface area contributed by atoms with Crippen LogP contribution in [0.1, 0.15) is 20.3 Å². The molecule has 0 bridgehead atoms. The molecule has 0 aliphatic carbocycles. The average molecular weight is 324 g/mol. The van der Waals surface area contributed by atoms with E-state index >= 15 is 0 Å². The van der Waals surface area contributed by atoms with Gasteiger partial charge in [-0.3, -0.25) is 14.5 Å². The molecule has 0 aromatic heterocycles. The van der Waals surface area contributed by atoms with Gasteiger partial charge in [0.05, 0.1) is 26.8 Å². The molecule has 1 rings (SSSR count). The molecule has 1 amide bonds. The van der Waals surface area contributed by atoms with Crippen molar-refractivity contribution in [1.82, 2.24) is 4.90 Å². The first kappa shape index (κ1) is 18.8. The summed E-state index contributed by atoms with van der Waals surface area (Å²) in [7, 11) is 3.05. The lowest BCUT2D eigenvalue weighted by molar-refractivity contribution is -0.139. The Morgan fingerprint density at radius 2 is 1.91 bits per heavy atom. The van der Waals surface area contributed by atoms with Gasteiger partial charge in [-0.05, 0) is 32.0 Å². The molecule has 7 nitrogen and oxygen atoms in total. The Morgan fingerprint density at radius 1 is 1.26 bits per heavy atom. The summed E-state index contributed by atoms with van der Waals surface area (Å²) in [6, 6.07) is 4.50. The van der Waals surface area contributed by atoms with Crippen molar-refractivity contribution in [2.75, 3.05) is 32.6 Å². The van der Waals surface area contributed by atoms with Crippen LogP contribution in [-0.4, -0.2) is 55.2 Å². The number of ether oxygens (including phenoxy) is 2. The van der Waals surface area contributed by atoms with Crippen molar-refractivity contribution >= 4 is 17.6 Å². The molecule has 0 spiro atoms. The smallest absolute Gasteiger partial charge is 0.317 e. The van der Waals surface area contributed by atoms with Gasteiger partial charge >= 0.3 is 5.97 Å². The predicted molar refractivity (Wildman–Crippen MR) is 87.1 cm³/mol. The Kier molecular flexibility index (Phi) is 7.34. The molecular formula is C16H24N2O5. The summed E-state index contributed by atoms with van der Waals surface area (Å²) in [5, 5.41) is 11.7. The summed E-state index contributed by atoms with van der Waals surface area (Å²) >= 11 is 0. The van der Waals surface area contributed by atoms with Gasteiger partial charge in [-0.15, -0.1) is 0 Å². The van der Waals surface area contributed by atoms with Gasteiger partial charge in [-0.25, -0.2) is 0 Å². The summed E-state index contributed by atoms with van der Waals surface area (Å²) in [6.45, 7) is 3.99. The minimum Gasteiger partial charge on any atom is -0.493 e. The van der Waals surface area contributed by atoms with Crippen LogP contribution in [0.3, 0.4) is 0 Å². The minimum atomic E-state index is -0.954. The number of benzene rings is 1. The topological polar surface area (TPSA) is 88.1 Å². The van der Waals surface area contributed by atoms with Crippen LogP contribution in [0.4, 0.5) is 5.69 Å². The van der Waals surface area contributed by atoms with Crippen molar-refractivity contribution in [3.8, 4) is 11.5 Å². The van der Waals surface area contributed by atoms with Crippen LogP contribution < -0.4 is 14.8 Å². The highest BCUT2D eigenvalue weighted by atomic mass is 16.5. The van der Waals surface area contributed by atoms with E-state index in [1.54, 1.807) is 30.0 Å². The van der Waals surface area contributed by atoms with Crippen LogP contribution in [0, 0.1) is 0 Å². The van der Waals surface area contributed by atoms with Crippen molar-refractivity contribution in [2.45, 2.75) is 26.3 Å². The number of amides is 1. The predicted octanol–water partition coefficient (Wildman–Crippen LogP) is 1.83. The molecule has 7 heteroatoms. The highest BCUT2D eigenvalue weighted by molar-refractivity contribution is 5.95. The fourth-order valence-electron chi connectivity index (χ4n) is 2.20. The number of carbonyl (C=O) groups excluding carboxylic acids is 1. The lowest BCUT2D eigenvalue weighted by Crippen LogP contribution is -2.44. The molecule has 1 unspecified atom stereocenters. The second-order valence-electron chi connectivity index (χ2n) is 5.10. The van der Waals surface area contributed by atoms with Gasteiger partial charge in [0.15, 0.2) is 11.5 Å². The number of aliphatic carboxylic acids is 1. The zero-order chi connectivity index (χ0) is 17.4. The van der Waals surface area contributed by atoms with E-state index in [2.05, 4.69) is 5.32 Å². The van der Waals surface area contributed by atoms with Crippen LogP contribution in [0.2, 0.25) is 0 Å². The van der Waals surface area contributed by atoms with E-state index in [4.69, 9.17) is 14.6 Å². The fraction of sp³-hybridized carbons (Fsp3) is 0.500. The number of methoxy groups -OCH3 is 2. The summed E-state index contributed by atoms with van der Waals surface area (Å²) in [4.78, 5) is 24.9. The molecule has 23 heavy (non-hydrogen) atoms. The lowest BCUT2D eigenvalue weighted by Gasteiger charge is -2.26. The summed E-state index contributed by atoms with van der Waals surface area (Å²) in [5.74, 6) is -0.151. The van der Waals surface area contributed by atoms with Crippen molar-refractivity contribution < 1.29 is 24.2 Å². The summed E-state index contributed by atoms with van der Waals surface area (Å²) < 4.78 is 10.3.